The molecule has 2 aromatic carbocycles. The molecule has 10 heteroatoms. The number of hydrogen-bond donors (Lipinski definition) is 2. The van der Waals surface area contributed by atoms with Gasteiger partial charge in [0, 0.05) is 11.6 Å². The van der Waals surface area contributed by atoms with Crippen LogP contribution in [0.5, 0.6) is 0 Å². The number of piperidine rings is 1. The van der Waals surface area contributed by atoms with Gasteiger partial charge < -0.3 is 10.6 Å². The SMILES string of the molecule is Cc1ccccc1C(=O)c1cnc(NC(C2CCNCC2)S(=O)(=O)c2ccc(F)cc2F)s1. The Hall–Kier alpha value is -2.69. The van der Waals surface area contributed by atoms with Gasteiger partial charge in [-0.05, 0) is 56.5 Å². The molecule has 3 aromatic rings. The second-order valence-electron chi connectivity index (χ2n) is 7.95. The molecule has 1 fully saturated rings. The maximum absolute atomic E-state index is 14.4. The summed E-state index contributed by atoms with van der Waals surface area (Å²) >= 11 is 1.05. The van der Waals surface area contributed by atoms with E-state index in [4.69, 9.17) is 0 Å². The molecule has 0 saturated carbocycles. The molecule has 1 saturated heterocycles. The summed E-state index contributed by atoms with van der Waals surface area (Å²) in [5, 5.41) is 5.21. The van der Waals surface area contributed by atoms with Crippen molar-refractivity contribution >= 4 is 32.1 Å². The molecule has 2 heterocycles. The second-order valence-corrected chi connectivity index (χ2v) is 11.0. The number of benzene rings is 2. The molecule has 174 valence electrons. The number of hydrogen-bond acceptors (Lipinski definition) is 7. The van der Waals surface area contributed by atoms with E-state index in [2.05, 4.69) is 15.6 Å². The van der Waals surface area contributed by atoms with Crippen molar-refractivity contribution in [2.45, 2.75) is 30.0 Å². The number of nitrogens with zero attached hydrogens (tertiary/aromatic N) is 1. The van der Waals surface area contributed by atoms with Crippen molar-refractivity contribution in [3.05, 3.63) is 76.3 Å². The summed E-state index contributed by atoms with van der Waals surface area (Å²) in [6.07, 6.45) is 2.52. The van der Waals surface area contributed by atoms with Gasteiger partial charge in [-0.2, -0.15) is 0 Å². The Balaban J connectivity index is 1.66. The summed E-state index contributed by atoms with van der Waals surface area (Å²) in [5.74, 6) is -2.51. The van der Waals surface area contributed by atoms with Crippen LogP contribution < -0.4 is 10.6 Å². The number of thiazole rings is 1. The molecule has 1 aliphatic heterocycles. The second kappa shape index (κ2) is 9.66. The van der Waals surface area contributed by atoms with E-state index in [0.29, 0.717) is 42.4 Å². The predicted octanol–water partition coefficient (Wildman–Crippen LogP) is 4.17. The Bertz CT molecular complexity index is 1270. The number of aromatic nitrogens is 1. The van der Waals surface area contributed by atoms with E-state index in [1.54, 1.807) is 12.1 Å². The third-order valence-corrected chi connectivity index (χ3v) is 8.77. The molecule has 0 radical (unpaired) electrons. The number of ketones is 1. The van der Waals surface area contributed by atoms with Crippen LogP contribution in [0, 0.1) is 24.5 Å². The molecule has 33 heavy (non-hydrogen) atoms. The van der Waals surface area contributed by atoms with Gasteiger partial charge in [0.2, 0.25) is 15.6 Å². The van der Waals surface area contributed by atoms with Crippen molar-refractivity contribution in [3.8, 4) is 0 Å². The van der Waals surface area contributed by atoms with E-state index < -0.39 is 31.7 Å². The number of nitrogens with one attached hydrogen (secondary N) is 2. The zero-order valence-electron chi connectivity index (χ0n) is 17.8. The maximum Gasteiger partial charge on any atom is 0.204 e. The Labute approximate surface area is 195 Å². The number of carbonyl (C=O) groups excluding carboxylic acids is 1. The van der Waals surface area contributed by atoms with Crippen molar-refractivity contribution in [2.75, 3.05) is 18.4 Å². The Kier molecular flexibility index (Phi) is 6.87. The van der Waals surface area contributed by atoms with Crippen molar-refractivity contribution in [1.82, 2.24) is 10.3 Å². The average molecular weight is 492 g/mol. The highest BCUT2D eigenvalue weighted by molar-refractivity contribution is 7.92. The summed E-state index contributed by atoms with van der Waals surface area (Å²) in [6, 6.07) is 9.62. The topological polar surface area (TPSA) is 88.2 Å². The van der Waals surface area contributed by atoms with Crippen LogP contribution in [0.2, 0.25) is 0 Å². The standard InChI is InChI=1S/C23H23F2N3O3S2/c1-14-4-2-3-5-17(14)21(29)19-13-27-23(32-19)28-22(15-8-10-26-11-9-15)33(30,31)20-7-6-16(24)12-18(20)25/h2-7,12-13,15,22,26H,8-11H2,1H3,(H,27,28). The van der Waals surface area contributed by atoms with Crippen molar-refractivity contribution in [1.29, 1.82) is 0 Å². The number of halogens is 2. The van der Waals surface area contributed by atoms with E-state index >= 15 is 0 Å². The zero-order valence-corrected chi connectivity index (χ0v) is 19.5. The summed E-state index contributed by atoms with van der Waals surface area (Å²) < 4.78 is 54.7. The molecule has 1 aromatic heterocycles. The molecule has 6 nitrogen and oxygen atoms in total. The minimum absolute atomic E-state index is 0.204. The molecule has 1 aliphatic rings. The van der Waals surface area contributed by atoms with Crippen molar-refractivity contribution < 1.29 is 22.0 Å². The largest absolute Gasteiger partial charge is 0.345 e. The van der Waals surface area contributed by atoms with Crippen LogP contribution in [0.15, 0.2) is 53.6 Å². The smallest absolute Gasteiger partial charge is 0.204 e. The molecule has 1 unspecified atom stereocenters. The van der Waals surface area contributed by atoms with Crippen LogP contribution in [0.3, 0.4) is 0 Å². The van der Waals surface area contributed by atoms with Gasteiger partial charge in [0.05, 0.1) is 11.1 Å². The molecule has 0 amide bonds. The molecule has 1 atom stereocenters. The lowest BCUT2D eigenvalue weighted by molar-refractivity contribution is 0.104. The van der Waals surface area contributed by atoms with Gasteiger partial charge >= 0.3 is 0 Å². The summed E-state index contributed by atoms with van der Waals surface area (Å²) in [7, 11) is -4.22. The number of rotatable bonds is 7. The number of sulfone groups is 1. The molecule has 4 rings (SSSR count). The highest BCUT2D eigenvalue weighted by Crippen LogP contribution is 2.32. The van der Waals surface area contributed by atoms with Crippen LogP contribution in [0.25, 0.3) is 0 Å². The van der Waals surface area contributed by atoms with Crippen LogP contribution in [0.1, 0.15) is 33.6 Å². The van der Waals surface area contributed by atoms with Crippen LogP contribution in [-0.4, -0.2) is 37.6 Å². The fraction of sp³-hybridized carbons (Fsp3) is 0.304. The lowest BCUT2D eigenvalue weighted by Gasteiger charge is -2.31. The Morgan fingerprint density at radius 2 is 1.91 bits per heavy atom. The van der Waals surface area contributed by atoms with Crippen molar-refractivity contribution in [2.24, 2.45) is 5.92 Å². The van der Waals surface area contributed by atoms with Gasteiger partial charge in [-0.1, -0.05) is 35.6 Å². The minimum Gasteiger partial charge on any atom is -0.345 e. The molecular weight excluding hydrogens is 468 g/mol. The number of carbonyl (C=O) groups is 1. The first-order valence-electron chi connectivity index (χ1n) is 10.5. The van der Waals surface area contributed by atoms with Crippen molar-refractivity contribution in [3.63, 3.8) is 0 Å². The van der Waals surface area contributed by atoms with Gasteiger partial charge in [-0.15, -0.1) is 0 Å². The first-order chi connectivity index (χ1) is 15.8. The fourth-order valence-corrected chi connectivity index (χ4v) is 6.76. The Morgan fingerprint density at radius 1 is 1.18 bits per heavy atom. The lowest BCUT2D eigenvalue weighted by Crippen LogP contribution is -2.42. The minimum atomic E-state index is -4.22. The van der Waals surface area contributed by atoms with Crippen LogP contribution in [-0.2, 0) is 9.84 Å². The molecule has 2 N–H and O–H groups in total. The van der Waals surface area contributed by atoms with E-state index in [9.17, 15) is 22.0 Å². The van der Waals surface area contributed by atoms with Crippen LogP contribution >= 0.6 is 11.3 Å². The monoisotopic (exact) mass is 491 g/mol. The van der Waals surface area contributed by atoms with E-state index in [0.717, 1.165) is 29.0 Å². The average Bonchev–Trinajstić information content (AvgIpc) is 3.26. The summed E-state index contributed by atoms with van der Waals surface area (Å²) in [4.78, 5) is 16.9. The summed E-state index contributed by atoms with van der Waals surface area (Å²) in [6.45, 7) is 3.09. The highest BCUT2D eigenvalue weighted by Gasteiger charge is 2.37. The van der Waals surface area contributed by atoms with Gasteiger partial charge in [0.1, 0.15) is 21.9 Å². The quantitative estimate of drug-likeness (QED) is 0.381. The maximum atomic E-state index is 14.4. The third kappa shape index (κ3) is 4.97. The number of anilines is 1. The summed E-state index contributed by atoms with van der Waals surface area (Å²) in [5.41, 5.74) is 1.37. The molecule has 0 bridgehead atoms. The normalized spacial score (nSPS) is 15.8. The van der Waals surface area contributed by atoms with Gasteiger partial charge in [0.25, 0.3) is 0 Å². The van der Waals surface area contributed by atoms with Gasteiger partial charge in [-0.25, -0.2) is 22.2 Å². The Morgan fingerprint density at radius 3 is 2.61 bits per heavy atom. The molecular formula is C23H23F2N3O3S2. The van der Waals surface area contributed by atoms with E-state index in [1.165, 1.54) is 6.20 Å². The zero-order chi connectivity index (χ0) is 23.6. The van der Waals surface area contributed by atoms with E-state index in [1.807, 2.05) is 19.1 Å². The number of aryl methyl sites for hydroxylation is 1. The predicted molar refractivity (Wildman–Crippen MR) is 123 cm³/mol. The third-order valence-electron chi connectivity index (χ3n) is 5.73. The van der Waals surface area contributed by atoms with Crippen LogP contribution in [0.4, 0.5) is 13.9 Å². The van der Waals surface area contributed by atoms with Gasteiger partial charge in [-0.3, -0.25) is 4.79 Å². The fourth-order valence-electron chi connectivity index (χ4n) is 3.97. The first kappa shape index (κ1) is 23.5. The molecule has 0 spiro atoms. The van der Waals surface area contributed by atoms with E-state index in [-0.39, 0.29) is 16.8 Å². The molecule has 0 aliphatic carbocycles. The first-order valence-corrected chi connectivity index (χ1v) is 12.9. The highest BCUT2D eigenvalue weighted by atomic mass is 32.2. The lowest BCUT2D eigenvalue weighted by atomic mass is 9.98. The van der Waals surface area contributed by atoms with Gasteiger partial charge in [0.15, 0.2) is 5.13 Å².